The van der Waals surface area contributed by atoms with Crippen molar-refractivity contribution >= 4 is 11.6 Å². The molecule has 0 N–H and O–H groups in total. The summed E-state index contributed by atoms with van der Waals surface area (Å²) in [5.41, 5.74) is -0.483. The van der Waals surface area contributed by atoms with Gasteiger partial charge in [-0.2, -0.15) is 23.5 Å². The molecule has 0 amide bonds. The highest BCUT2D eigenvalue weighted by Crippen LogP contribution is 2.29. The van der Waals surface area contributed by atoms with Crippen molar-refractivity contribution < 1.29 is 13.2 Å². The standard InChI is InChI=1S/C11H5ClF3N3/c12-9-2-1-7(4-16)10(3-9)18-6-8(5-17-18)11(13,14)15/h1-3,5-6H. The lowest BCUT2D eigenvalue weighted by atomic mass is 10.2. The van der Waals surface area contributed by atoms with Crippen molar-refractivity contribution in [2.24, 2.45) is 0 Å². The number of alkyl halides is 3. The molecule has 2 aromatic rings. The zero-order valence-corrected chi connectivity index (χ0v) is 9.50. The van der Waals surface area contributed by atoms with Crippen LogP contribution in [-0.2, 0) is 6.18 Å². The topological polar surface area (TPSA) is 41.6 Å². The highest BCUT2D eigenvalue weighted by Gasteiger charge is 2.32. The van der Waals surface area contributed by atoms with Crippen molar-refractivity contribution in [3.63, 3.8) is 0 Å². The first-order chi connectivity index (χ1) is 8.41. The largest absolute Gasteiger partial charge is 0.419 e. The fraction of sp³-hybridized carbons (Fsp3) is 0.0909. The van der Waals surface area contributed by atoms with Gasteiger partial charge in [0, 0.05) is 11.2 Å². The quantitative estimate of drug-likeness (QED) is 0.797. The number of halogens is 4. The van der Waals surface area contributed by atoms with Crippen molar-refractivity contribution in [3.8, 4) is 11.8 Å². The van der Waals surface area contributed by atoms with E-state index in [0.29, 0.717) is 11.2 Å². The smallest absolute Gasteiger partial charge is 0.239 e. The third kappa shape index (κ3) is 2.31. The molecule has 0 radical (unpaired) electrons. The Labute approximate surface area is 105 Å². The minimum absolute atomic E-state index is 0.191. The predicted octanol–water partition coefficient (Wildman–Crippen LogP) is 3.42. The van der Waals surface area contributed by atoms with Gasteiger partial charge in [-0.25, -0.2) is 4.68 Å². The van der Waals surface area contributed by atoms with Crippen LogP contribution in [0.25, 0.3) is 5.69 Å². The number of nitriles is 1. The van der Waals surface area contributed by atoms with Crippen LogP contribution < -0.4 is 0 Å². The van der Waals surface area contributed by atoms with Crippen LogP contribution in [0.15, 0.2) is 30.6 Å². The Kier molecular flexibility index (Phi) is 3.01. The van der Waals surface area contributed by atoms with Gasteiger partial charge < -0.3 is 0 Å². The highest BCUT2D eigenvalue weighted by molar-refractivity contribution is 6.30. The number of hydrogen-bond acceptors (Lipinski definition) is 2. The maximum atomic E-state index is 12.4. The summed E-state index contributed by atoms with van der Waals surface area (Å²) in [6.45, 7) is 0. The molecule has 2 rings (SSSR count). The third-order valence-corrected chi connectivity index (χ3v) is 2.47. The fourth-order valence-electron chi connectivity index (χ4n) is 1.39. The van der Waals surface area contributed by atoms with Crippen LogP contribution in [-0.4, -0.2) is 9.78 Å². The normalized spacial score (nSPS) is 11.3. The average molecular weight is 272 g/mol. The molecule has 0 unspecified atom stereocenters. The van der Waals surface area contributed by atoms with E-state index in [1.165, 1.54) is 18.2 Å². The fourth-order valence-corrected chi connectivity index (χ4v) is 1.56. The molecule has 18 heavy (non-hydrogen) atoms. The molecule has 0 aliphatic carbocycles. The monoisotopic (exact) mass is 271 g/mol. The molecule has 1 aromatic heterocycles. The molecular weight excluding hydrogens is 267 g/mol. The lowest BCUT2D eigenvalue weighted by Gasteiger charge is -2.04. The SMILES string of the molecule is N#Cc1ccc(Cl)cc1-n1cc(C(F)(F)F)cn1. The maximum Gasteiger partial charge on any atom is 0.419 e. The first kappa shape index (κ1) is 12.5. The predicted molar refractivity (Wildman–Crippen MR) is 58.3 cm³/mol. The van der Waals surface area contributed by atoms with E-state index in [0.717, 1.165) is 10.9 Å². The molecular formula is C11H5ClF3N3. The van der Waals surface area contributed by atoms with E-state index < -0.39 is 11.7 Å². The van der Waals surface area contributed by atoms with Gasteiger partial charge in [0.1, 0.15) is 6.07 Å². The van der Waals surface area contributed by atoms with Crippen molar-refractivity contribution in [2.45, 2.75) is 6.18 Å². The Hall–Kier alpha value is -2.00. The van der Waals surface area contributed by atoms with Gasteiger partial charge in [-0.1, -0.05) is 11.6 Å². The van der Waals surface area contributed by atoms with Gasteiger partial charge in [-0.3, -0.25) is 0 Å². The molecule has 1 heterocycles. The molecule has 0 atom stereocenters. The lowest BCUT2D eigenvalue weighted by Crippen LogP contribution is -2.03. The molecule has 0 aliphatic rings. The second-order valence-electron chi connectivity index (χ2n) is 3.44. The summed E-state index contributed by atoms with van der Waals surface area (Å²) in [6.07, 6.45) is -2.96. The number of nitrogens with zero attached hydrogens (tertiary/aromatic N) is 3. The van der Waals surface area contributed by atoms with Crippen LogP contribution in [0.1, 0.15) is 11.1 Å². The number of benzene rings is 1. The van der Waals surface area contributed by atoms with Gasteiger partial charge in [0.15, 0.2) is 0 Å². The highest BCUT2D eigenvalue weighted by atomic mass is 35.5. The third-order valence-electron chi connectivity index (χ3n) is 2.24. The Balaban J connectivity index is 2.53. The van der Waals surface area contributed by atoms with Crippen molar-refractivity contribution in [3.05, 3.63) is 46.7 Å². The first-order valence-corrected chi connectivity index (χ1v) is 5.11. The summed E-state index contributed by atoms with van der Waals surface area (Å²) in [7, 11) is 0. The Morgan fingerprint density at radius 1 is 1.33 bits per heavy atom. The van der Waals surface area contributed by atoms with E-state index in [1.807, 2.05) is 6.07 Å². The van der Waals surface area contributed by atoms with E-state index >= 15 is 0 Å². The number of rotatable bonds is 1. The van der Waals surface area contributed by atoms with Crippen LogP contribution in [0, 0.1) is 11.3 Å². The van der Waals surface area contributed by atoms with Crippen molar-refractivity contribution in [1.29, 1.82) is 5.26 Å². The molecule has 1 aromatic carbocycles. The zero-order valence-electron chi connectivity index (χ0n) is 8.74. The summed E-state index contributed by atoms with van der Waals surface area (Å²) in [4.78, 5) is 0. The van der Waals surface area contributed by atoms with E-state index in [2.05, 4.69) is 5.10 Å². The molecule has 7 heteroatoms. The molecule has 92 valence electrons. The summed E-state index contributed by atoms with van der Waals surface area (Å²) >= 11 is 5.75. The number of hydrogen-bond donors (Lipinski definition) is 0. The minimum atomic E-state index is -4.47. The molecule has 0 bridgehead atoms. The van der Waals surface area contributed by atoms with E-state index in [9.17, 15) is 13.2 Å². The van der Waals surface area contributed by atoms with Gasteiger partial charge in [-0.05, 0) is 18.2 Å². The van der Waals surface area contributed by atoms with E-state index in [1.54, 1.807) is 0 Å². The van der Waals surface area contributed by atoms with Gasteiger partial charge in [0.25, 0.3) is 0 Å². The first-order valence-electron chi connectivity index (χ1n) is 4.73. The maximum absolute atomic E-state index is 12.4. The van der Waals surface area contributed by atoms with Gasteiger partial charge in [0.05, 0.1) is 23.0 Å². The molecule has 0 aliphatic heterocycles. The van der Waals surface area contributed by atoms with Gasteiger partial charge in [-0.15, -0.1) is 0 Å². The molecule has 3 nitrogen and oxygen atoms in total. The van der Waals surface area contributed by atoms with Crippen LogP contribution in [0.2, 0.25) is 5.02 Å². The molecule has 0 spiro atoms. The second kappa shape index (κ2) is 4.35. The Bertz CT molecular complexity index is 625. The Morgan fingerprint density at radius 3 is 2.61 bits per heavy atom. The van der Waals surface area contributed by atoms with Crippen LogP contribution in [0.5, 0.6) is 0 Å². The molecule has 0 fully saturated rings. The summed E-state index contributed by atoms with van der Waals surface area (Å²) in [5.74, 6) is 0. The molecule has 0 saturated heterocycles. The van der Waals surface area contributed by atoms with E-state index in [-0.39, 0.29) is 11.3 Å². The zero-order chi connectivity index (χ0) is 13.3. The molecule has 0 saturated carbocycles. The van der Waals surface area contributed by atoms with Crippen LogP contribution in [0.3, 0.4) is 0 Å². The van der Waals surface area contributed by atoms with Crippen molar-refractivity contribution in [2.75, 3.05) is 0 Å². The summed E-state index contributed by atoms with van der Waals surface area (Å²) in [5, 5.41) is 12.8. The van der Waals surface area contributed by atoms with E-state index in [4.69, 9.17) is 16.9 Å². The van der Waals surface area contributed by atoms with Gasteiger partial charge in [0.2, 0.25) is 0 Å². The minimum Gasteiger partial charge on any atom is -0.239 e. The lowest BCUT2D eigenvalue weighted by molar-refractivity contribution is -0.137. The summed E-state index contributed by atoms with van der Waals surface area (Å²) in [6, 6.07) is 6.16. The average Bonchev–Trinajstić information content (AvgIpc) is 2.77. The Morgan fingerprint density at radius 2 is 2.06 bits per heavy atom. The second-order valence-corrected chi connectivity index (χ2v) is 3.88. The van der Waals surface area contributed by atoms with Crippen LogP contribution in [0.4, 0.5) is 13.2 Å². The van der Waals surface area contributed by atoms with Gasteiger partial charge >= 0.3 is 6.18 Å². The summed E-state index contributed by atoms with van der Waals surface area (Å²) < 4.78 is 38.3. The van der Waals surface area contributed by atoms with Crippen LogP contribution >= 0.6 is 11.6 Å². The van der Waals surface area contributed by atoms with Crippen molar-refractivity contribution in [1.82, 2.24) is 9.78 Å². The number of aromatic nitrogens is 2.